The predicted octanol–water partition coefficient (Wildman–Crippen LogP) is 1.61. The first-order valence-corrected chi connectivity index (χ1v) is 8.64. The number of unbranched alkanes of at least 4 members (excludes halogenated alkanes) is 2. The highest BCUT2D eigenvalue weighted by Gasteiger charge is 2.26. The van der Waals surface area contributed by atoms with Gasteiger partial charge in [0.05, 0.1) is 13.2 Å². The number of hydrogen-bond acceptors (Lipinski definition) is 5. The fourth-order valence-corrected chi connectivity index (χ4v) is 2.57. The lowest BCUT2D eigenvalue weighted by Gasteiger charge is -2.22. The van der Waals surface area contributed by atoms with Crippen LogP contribution in [0.15, 0.2) is 24.3 Å². The number of carbonyl (C=O) groups excluding carboxylic acids is 3. The molecule has 0 aliphatic carbocycles. The van der Waals surface area contributed by atoms with E-state index < -0.39 is 35.7 Å². The Morgan fingerprint density at radius 2 is 1.96 bits per heavy atom. The van der Waals surface area contributed by atoms with Gasteiger partial charge in [0.15, 0.2) is 0 Å². The summed E-state index contributed by atoms with van der Waals surface area (Å²) in [7, 11) is 1.22. The molecule has 2 atom stereocenters. The molecule has 27 heavy (non-hydrogen) atoms. The van der Waals surface area contributed by atoms with Gasteiger partial charge in [0.2, 0.25) is 11.8 Å². The third-order valence-electron chi connectivity index (χ3n) is 3.86. The standard InChI is InChI=1S/C19H24FN3O4/c1-13(24)22-17(12-14-7-6-8-15(20)11-14)18(25)23-16(19(26)27-2)9-4-3-5-10-21/h6-8,11,16-17H,3-5,9,12H2,1-2H3,(H,22,24)(H,23,25)/t16-,17-/m1/s1. The van der Waals surface area contributed by atoms with Crippen LogP contribution in [0.3, 0.4) is 0 Å². The zero-order valence-corrected chi connectivity index (χ0v) is 15.5. The number of nitrogens with zero attached hydrogens (tertiary/aromatic N) is 1. The first kappa shape index (κ1) is 22.1. The second kappa shape index (κ2) is 11.6. The lowest BCUT2D eigenvalue weighted by atomic mass is 10.0. The van der Waals surface area contributed by atoms with Gasteiger partial charge >= 0.3 is 5.97 Å². The second-order valence-corrected chi connectivity index (χ2v) is 6.08. The molecule has 0 aliphatic heterocycles. The Labute approximate surface area is 157 Å². The number of rotatable bonds is 10. The van der Waals surface area contributed by atoms with E-state index in [1.807, 2.05) is 6.07 Å². The van der Waals surface area contributed by atoms with Crippen LogP contribution in [0.25, 0.3) is 0 Å². The van der Waals surface area contributed by atoms with E-state index in [4.69, 9.17) is 10.00 Å². The van der Waals surface area contributed by atoms with Crippen molar-refractivity contribution in [3.05, 3.63) is 35.6 Å². The van der Waals surface area contributed by atoms with Crippen LogP contribution in [0.4, 0.5) is 4.39 Å². The molecule has 8 heteroatoms. The van der Waals surface area contributed by atoms with Crippen molar-refractivity contribution in [2.45, 2.75) is 51.1 Å². The molecule has 0 bridgehead atoms. The Balaban J connectivity index is 2.83. The van der Waals surface area contributed by atoms with E-state index >= 15 is 0 Å². The number of halogens is 1. The monoisotopic (exact) mass is 377 g/mol. The van der Waals surface area contributed by atoms with Gasteiger partial charge in [0.1, 0.15) is 17.9 Å². The first-order valence-electron chi connectivity index (χ1n) is 8.64. The molecule has 0 spiro atoms. The molecule has 2 amide bonds. The van der Waals surface area contributed by atoms with Crippen molar-refractivity contribution in [3.8, 4) is 6.07 Å². The quantitative estimate of drug-likeness (QED) is 0.476. The number of hydrogen-bond donors (Lipinski definition) is 2. The van der Waals surface area contributed by atoms with Crippen LogP contribution in [0.1, 0.15) is 38.2 Å². The molecule has 0 saturated carbocycles. The number of carbonyl (C=O) groups is 3. The van der Waals surface area contributed by atoms with Crippen molar-refractivity contribution in [1.82, 2.24) is 10.6 Å². The van der Waals surface area contributed by atoms with E-state index in [9.17, 15) is 18.8 Å². The molecule has 0 aromatic heterocycles. The van der Waals surface area contributed by atoms with Crippen molar-refractivity contribution >= 4 is 17.8 Å². The Morgan fingerprint density at radius 3 is 2.56 bits per heavy atom. The zero-order valence-electron chi connectivity index (χ0n) is 15.5. The van der Waals surface area contributed by atoms with Crippen LogP contribution in [-0.4, -0.2) is 37.0 Å². The Morgan fingerprint density at radius 1 is 1.22 bits per heavy atom. The summed E-state index contributed by atoms with van der Waals surface area (Å²) in [5.41, 5.74) is 0.535. The summed E-state index contributed by atoms with van der Waals surface area (Å²) < 4.78 is 18.1. The molecule has 0 heterocycles. The van der Waals surface area contributed by atoms with Gasteiger partial charge in [-0.05, 0) is 37.0 Å². The van der Waals surface area contributed by atoms with Gasteiger partial charge in [-0.2, -0.15) is 5.26 Å². The van der Waals surface area contributed by atoms with Crippen molar-refractivity contribution in [1.29, 1.82) is 5.26 Å². The average molecular weight is 377 g/mol. The minimum Gasteiger partial charge on any atom is -0.467 e. The molecule has 0 unspecified atom stereocenters. The van der Waals surface area contributed by atoms with Crippen molar-refractivity contribution in [2.75, 3.05) is 7.11 Å². The number of amides is 2. The van der Waals surface area contributed by atoms with E-state index in [0.29, 0.717) is 31.2 Å². The minimum absolute atomic E-state index is 0.0749. The number of nitrogens with one attached hydrogen (secondary N) is 2. The van der Waals surface area contributed by atoms with E-state index in [2.05, 4.69) is 10.6 Å². The number of benzene rings is 1. The van der Waals surface area contributed by atoms with Crippen molar-refractivity contribution < 1.29 is 23.5 Å². The third-order valence-corrected chi connectivity index (χ3v) is 3.86. The lowest BCUT2D eigenvalue weighted by molar-refractivity contribution is -0.145. The minimum atomic E-state index is -0.962. The highest BCUT2D eigenvalue weighted by Crippen LogP contribution is 2.09. The van der Waals surface area contributed by atoms with Gasteiger partial charge in [-0.3, -0.25) is 9.59 Å². The van der Waals surface area contributed by atoms with Crippen LogP contribution >= 0.6 is 0 Å². The molecule has 1 rings (SSSR count). The summed E-state index contributed by atoms with van der Waals surface area (Å²) in [5.74, 6) is -2.03. The summed E-state index contributed by atoms with van der Waals surface area (Å²) in [5, 5.41) is 13.7. The van der Waals surface area contributed by atoms with E-state index in [-0.39, 0.29) is 6.42 Å². The van der Waals surface area contributed by atoms with E-state index in [1.165, 1.54) is 32.2 Å². The fourth-order valence-electron chi connectivity index (χ4n) is 2.57. The van der Waals surface area contributed by atoms with Crippen LogP contribution in [0.2, 0.25) is 0 Å². The normalized spacial score (nSPS) is 12.4. The fraction of sp³-hybridized carbons (Fsp3) is 0.474. The molecular formula is C19H24FN3O4. The maximum Gasteiger partial charge on any atom is 0.328 e. The van der Waals surface area contributed by atoms with Crippen LogP contribution in [0, 0.1) is 17.1 Å². The molecule has 0 aliphatic rings. The largest absolute Gasteiger partial charge is 0.467 e. The number of ether oxygens (including phenoxy) is 1. The summed E-state index contributed by atoms with van der Waals surface area (Å²) in [6.45, 7) is 1.27. The van der Waals surface area contributed by atoms with E-state index in [0.717, 1.165) is 0 Å². The van der Waals surface area contributed by atoms with Crippen LogP contribution < -0.4 is 10.6 Å². The van der Waals surface area contributed by atoms with Crippen LogP contribution in [0.5, 0.6) is 0 Å². The SMILES string of the molecule is COC(=O)[C@@H](CCCCC#N)NC(=O)[C@@H](Cc1cccc(F)c1)NC(C)=O. The van der Waals surface area contributed by atoms with Gasteiger partial charge in [-0.15, -0.1) is 0 Å². The van der Waals surface area contributed by atoms with Crippen molar-refractivity contribution in [2.24, 2.45) is 0 Å². The number of esters is 1. The van der Waals surface area contributed by atoms with Gasteiger partial charge in [0.25, 0.3) is 0 Å². The Kier molecular flexibility index (Phi) is 9.51. The number of methoxy groups -OCH3 is 1. The summed E-state index contributed by atoms with van der Waals surface area (Å²) in [6, 6.07) is 5.89. The molecule has 0 saturated heterocycles. The zero-order chi connectivity index (χ0) is 20.2. The molecule has 2 N–H and O–H groups in total. The van der Waals surface area contributed by atoms with Gasteiger partial charge in [-0.1, -0.05) is 12.1 Å². The Bertz CT molecular complexity index is 702. The van der Waals surface area contributed by atoms with Gasteiger partial charge in [0, 0.05) is 19.8 Å². The molecular weight excluding hydrogens is 353 g/mol. The molecule has 1 aromatic rings. The topological polar surface area (TPSA) is 108 Å². The molecule has 1 aromatic carbocycles. The highest BCUT2D eigenvalue weighted by molar-refractivity contribution is 5.90. The molecule has 7 nitrogen and oxygen atoms in total. The molecule has 0 radical (unpaired) electrons. The first-order chi connectivity index (χ1) is 12.9. The second-order valence-electron chi connectivity index (χ2n) is 6.08. The summed E-state index contributed by atoms with van der Waals surface area (Å²) in [4.78, 5) is 36.0. The van der Waals surface area contributed by atoms with Crippen molar-refractivity contribution in [3.63, 3.8) is 0 Å². The smallest absolute Gasteiger partial charge is 0.328 e. The van der Waals surface area contributed by atoms with Crippen LogP contribution in [-0.2, 0) is 25.5 Å². The van der Waals surface area contributed by atoms with E-state index in [1.54, 1.807) is 6.07 Å². The summed E-state index contributed by atoms with van der Waals surface area (Å²) >= 11 is 0. The number of nitriles is 1. The third kappa shape index (κ3) is 8.31. The van der Waals surface area contributed by atoms with Gasteiger partial charge in [-0.25, -0.2) is 9.18 Å². The Hall–Kier alpha value is -2.95. The maximum atomic E-state index is 13.4. The molecule has 0 fully saturated rings. The highest BCUT2D eigenvalue weighted by atomic mass is 19.1. The van der Waals surface area contributed by atoms with Gasteiger partial charge < -0.3 is 15.4 Å². The average Bonchev–Trinajstić information content (AvgIpc) is 2.62. The lowest BCUT2D eigenvalue weighted by Crippen LogP contribution is -2.52. The summed E-state index contributed by atoms with van der Waals surface area (Å²) in [6.07, 6.45) is 1.90. The predicted molar refractivity (Wildman–Crippen MR) is 95.7 cm³/mol. The molecule has 146 valence electrons. The maximum absolute atomic E-state index is 13.4.